The Kier molecular flexibility index (Phi) is 4.92. The standard InChI is InChI=1S/C16H20FN3O2/c1-11-8-14(18-22-11)10-20(4)16(21)15(19(2)3)12-6-5-7-13(17)9-12/h5-9,15H,10H2,1-4H3. The van der Waals surface area contributed by atoms with Gasteiger partial charge in [0, 0.05) is 13.1 Å². The molecular weight excluding hydrogens is 285 g/mol. The van der Waals surface area contributed by atoms with Gasteiger partial charge in [0.15, 0.2) is 0 Å². The van der Waals surface area contributed by atoms with E-state index in [2.05, 4.69) is 5.16 Å². The predicted octanol–water partition coefficient (Wildman–Crippen LogP) is 2.38. The molecule has 1 amide bonds. The molecular formula is C16H20FN3O2. The number of amides is 1. The van der Waals surface area contributed by atoms with Gasteiger partial charge in [0.2, 0.25) is 5.91 Å². The Hall–Kier alpha value is -2.21. The van der Waals surface area contributed by atoms with Crippen molar-refractivity contribution in [3.8, 4) is 0 Å². The molecule has 0 fully saturated rings. The summed E-state index contributed by atoms with van der Waals surface area (Å²) in [7, 11) is 5.28. The van der Waals surface area contributed by atoms with Crippen molar-refractivity contribution in [2.24, 2.45) is 0 Å². The van der Waals surface area contributed by atoms with Gasteiger partial charge in [0.05, 0.1) is 6.54 Å². The third kappa shape index (κ3) is 3.71. The van der Waals surface area contributed by atoms with Gasteiger partial charge in [-0.3, -0.25) is 9.69 Å². The lowest BCUT2D eigenvalue weighted by Gasteiger charge is -2.28. The van der Waals surface area contributed by atoms with E-state index in [0.29, 0.717) is 23.6 Å². The molecule has 1 unspecified atom stereocenters. The lowest BCUT2D eigenvalue weighted by atomic mass is 10.0. The lowest BCUT2D eigenvalue weighted by Crippen LogP contribution is -2.38. The van der Waals surface area contributed by atoms with Crippen LogP contribution >= 0.6 is 0 Å². The Morgan fingerprint density at radius 1 is 1.32 bits per heavy atom. The van der Waals surface area contributed by atoms with Crippen LogP contribution < -0.4 is 0 Å². The average molecular weight is 305 g/mol. The molecule has 1 aromatic heterocycles. The van der Waals surface area contributed by atoms with E-state index in [-0.39, 0.29) is 11.7 Å². The highest BCUT2D eigenvalue weighted by atomic mass is 19.1. The minimum Gasteiger partial charge on any atom is -0.361 e. The van der Waals surface area contributed by atoms with Crippen LogP contribution in [0.25, 0.3) is 0 Å². The van der Waals surface area contributed by atoms with Gasteiger partial charge < -0.3 is 9.42 Å². The Bertz CT molecular complexity index is 654. The zero-order valence-corrected chi connectivity index (χ0v) is 13.2. The molecule has 0 bridgehead atoms. The number of halogens is 1. The molecule has 0 aliphatic heterocycles. The highest BCUT2D eigenvalue weighted by Gasteiger charge is 2.26. The Labute approximate surface area is 129 Å². The van der Waals surface area contributed by atoms with E-state index in [4.69, 9.17) is 4.52 Å². The lowest BCUT2D eigenvalue weighted by molar-refractivity contribution is -0.135. The number of hydrogen-bond acceptors (Lipinski definition) is 4. The van der Waals surface area contributed by atoms with Crippen molar-refractivity contribution in [3.05, 3.63) is 53.2 Å². The molecule has 0 spiro atoms. The smallest absolute Gasteiger partial charge is 0.244 e. The fraction of sp³-hybridized carbons (Fsp3) is 0.375. The molecule has 0 N–H and O–H groups in total. The van der Waals surface area contributed by atoms with E-state index < -0.39 is 6.04 Å². The maximum Gasteiger partial charge on any atom is 0.244 e. The first-order valence-corrected chi connectivity index (χ1v) is 6.97. The van der Waals surface area contributed by atoms with Gasteiger partial charge in [-0.25, -0.2) is 4.39 Å². The van der Waals surface area contributed by atoms with Crippen molar-refractivity contribution in [2.75, 3.05) is 21.1 Å². The Morgan fingerprint density at radius 2 is 2.05 bits per heavy atom. The number of hydrogen-bond donors (Lipinski definition) is 0. The summed E-state index contributed by atoms with van der Waals surface area (Å²) in [6.45, 7) is 2.14. The molecule has 5 nitrogen and oxygen atoms in total. The highest BCUT2D eigenvalue weighted by Crippen LogP contribution is 2.22. The van der Waals surface area contributed by atoms with Crippen LogP contribution in [0.4, 0.5) is 4.39 Å². The molecule has 6 heteroatoms. The van der Waals surface area contributed by atoms with E-state index in [1.54, 1.807) is 56.1 Å². The quantitative estimate of drug-likeness (QED) is 0.851. The first-order valence-electron chi connectivity index (χ1n) is 6.97. The molecule has 2 rings (SSSR count). The molecule has 1 heterocycles. The van der Waals surface area contributed by atoms with Crippen LogP contribution in [0.1, 0.15) is 23.1 Å². The number of rotatable bonds is 5. The topological polar surface area (TPSA) is 49.6 Å². The summed E-state index contributed by atoms with van der Waals surface area (Å²) in [5, 5.41) is 3.89. The first-order chi connectivity index (χ1) is 10.4. The van der Waals surface area contributed by atoms with Gasteiger partial charge >= 0.3 is 0 Å². The Morgan fingerprint density at radius 3 is 2.59 bits per heavy atom. The molecule has 0 aliphatic rings. The van der Waals surface area contributed by atoms with Crippen LogP contribution in [0.5, 0.6) is 0 Å². The summed E-state index contributed by atoms with van der Waals surface area (Å²) < 4.78 is 18.4. The molecule has 1 aromatic carbocycles. The normalized spacial score (nSPS) is 12.5. The van der Waals surface area contributed by atoms with Crippen LogP contribution in [0.3, 0.4) is 0 Å². The molecule has 22 heavy (non-hydrogen) atoms. The van der Waals surface area contributed by atoms with Crippen LogP contribution in [0.2, 0.25) is 0 Å². The van der Waals surface area contributed by atoms with Gasteiger partial charge in [-0.15, -0.1) is 0 Å². The van der Waals surface area contributed by atoms with E-state index >= 15 is 0 Å². The predicted molar refractivity (Wildman–Crippen MR) is 80.5 cm³/mol. The summed E-state index contributed by atoms with van der Waals surface area (Å²) in [5.41, 5.74) is 1.31. The van der Waals surface area contributed by atoms with Crippen molar-refractivity contribution in [1.82, 2.24) is 15.0 Å². The zero-order chi connectivity index (χ0) is 16.3. The number of carbonyl (C=O) groups excluding carboxylic acids is 1. The fourth-order valence-corrected chi connectivity index (χ4v) is 2.36. The molecule has 2 aromatic rings. The number of benzene rings is 1. The van der Waals surface area contributed by atoms with E-state index in [1.165, 1.54) is 12.1 Å². The van der Waals surface area contributed by atoms with Crippen molar-refractivity contribution in [1.29, 1.82) is 0 Å². The maximum absolute atomic E-state index is 13.4. The van der Waals surface area contributed by atoms with E-state index in [0.717, 1.165) is 0 Å². The fourth-order valence-electron chi connectivity index (χ4n) is 2.36. The van der Waals surface area contributed by atoms with E-state index in [1.807, 2.05) is 0 Å². The molecule has 0 aliphatic carbocycles. The summed E-state index contributed by atoms with van der Waals surface area (Å²) >= 11 is 0. The second-order valence-corrected chi connectivity index (χ2v) is 5.54. The summed E-state index contributed by atoms with van der Waals surface area (Å²) in [6, 6.07) is 7.35. The highest BCUT2D eigenvalue weighted by molar-refractivity contribution is 5.83. The van der Waals surface area contributed by atoms with Gasteiger partial charge in [-0.1, -0.05) is 17.3 Å². The summed E-state index contributed by atoms with van der Waals surface area (Å²) in [4.78, 5) is 16.0. The van der Waals surface area contributed by atoms with Gasteiger partial charge in [-0.05, 0) is 38.7 Å². The van der Waals surface area contributed by atoms with Gasteiger partial charge in [0.1, 0.15) is 23.3 Å². The SMILES string of the molecule is Cc1cc(CN(C)C(=O)C(c2cccc(F)c2)N(C)C)no1. The van der Waals surface area contributed by atoms with Crippen LogP contribution in [-0.2, 0) is 11.3 Å². The molecule has 118 valence electrons. The Balaban J connectivity index is 2.19. The monoisotopic (exact) mass is 305 g/mol. The van der Waals surface area contributed by atoms with Crippen molar-refractivity contribution >= 4 is 5.91 Å². The minimum atomic E-state index is -0.548. The minimum absolute atomic E-state index is 0.128. The number of nitrogens with zero attached hydrogens (tertiary/aromatic N) is 3. The maximum atomic E-state index is 13.4. The van der Waals surface area contributed by atoms with Gasteiger partial charge in [-0.2, -0.15) is 0 Å². The second-order valence-electron chi connectivity index (χ2n) is 5.54. The molecule has 1 atom stereocenters. The second kappa shape index (κ2) is 6.70. The summed E-state index contributed by atoms with van der Waals surface area (Å²) in [6.07, 6.45) is 0. The third-order valence-corrected chi connectivity index (χ3v) is 3.37. The van der Waals surface area contributed by atoms with Crippen molar-refractivity contribution in [3.63, 3.8) is 0 Å². The number of likely N-dealkylation sites (N-methyl/N-ethyl adjacent to an activating group) is 2. The third-order valence-electron chi connectivity index (χ3n) is 3.37. The van der Waals surface area contributed by atoms with Crippen LogP contribution in [0.15, 0.2) is 34.9 Å². The molecule has 0 saturated carbocycles. The zero-order valence-electron chi connectivity index (χ0n) is 13.2. The van der Waals surface area contributed by atoms with Crippen LogP contribution in [0, 0.1) is 12.7 Å². The average Bonchev–Trinajstić information content (AvgIpc) is 2.83. The summed E-state index contributed by atoms with van der Waals surface area (Å²) in [5.74, 6) is 0.216. The number of carbonyl (C=O) groups is 1. The van der Waals surface area contributed by atoms with E-state index in [9.17, 15) is 9.18 Å². The molecule has 0 saturated heterocycles. The number of aryl methyl sites for hydroxylation is 1. The first kappa shape index (κ1) is 16.2. The molecule has 0 radical (unpaired) electrons. The van der Waals surface area contributed by atoms with Crippen molar-refractivity contribution in [2.45, 2.75) is 19.5 Å². The number of aromatic nitrogens is 1. The van der Waals surface area contributed by atoms with Crippen LogP contribution in [-0.4, -0.2) is 42.0 Å². The largest absolute Gasteiger partial charge is 0.361 e. The van der Waals surface area contributed by atoms with Crippen molar-refractivity contribution < 1.29 is 13.7 Å². The van der Waals surface area contributed by atoms with Gasteiger partial charge in [0.25, 0.3) is 0 Å².